The molecule has 2 bridgehead atoms. The van der Waals surface area contributed by atoms with E-state index in [1.165, 1.54) is 14.0 Å². The average Bonchev–Trinajstić information content (AvgIpc) is 3.29. The van der Waals surface area contributed by atoms with Gasteiger partial charge in [-0.1, -0.05) is 13.8 Å². The fourth-order valence-corrected chi connectivity index (χ4v) is 7.93. The molecule has 4 aliphatic rings. The molecule has 0 aromatic carbocycles. The number of likely N-dealkylation sites (N-methyl/N-ethyl adjacent to an activating group) is 1. The third-order valence-electron chi connectivity index (χ3n) is 10.7. The van der Waals surface area contributed by atoms with Gasteiger partial charge in [-0.3, -0.25) is 9.59 Å². The third-order valence-corrected chi connectivity index (χ3v) is 10.7. The Morgan fingerprint density at radius 1 is 1.02 bits per heavy atom. The van der Waals surface area contributed by atoms with Gasteiger partial charge in [0.1, 0.15) is 29.7 Å². The lowest BCUT2D eigenvalue weighted by atomic mass is 9.79. The van der Waals surface area contributed by atoms with E-state index >= 15 is 0 Å². The summed E-state index contributed by atoms with van der Waals surface area (Å²) >= 11 is 0. The molecule has 0 amide bonds. The number of rotatable bonds is 7. The van der Waals surface area contributed by atoms with Gasteiger partial charge >= 0.3 is 5.97 Å². The molecule has 0 radical (unpaired) electrons. The van der Waals surface area contributed by atoms with Crippen LogP contribution in [0.4, 0.5) is 0 Å². The minimum absolute atomic E-state index is 0.181. The van der Waals surface area contributed by atoms with Gasteiger partial charge in [0.05, 0.1) is 35.7 Å². The number of ether oxygens (including phenoxy) is 7. The zero-order chi connectivity index (χ0) is 34.5. The van der Waals surface area contributed by atoms with E-state index in [0.29, 0.717) is 18.6 Å². The number of carbonyl (C=O) groups is 2. The predicted molar refractivity (Wildman–Crippen MR) is 167 cm³/mol. The standard InChI is InChI=1S/C34H57NO11/c1-16-14-34(9)30(45-32-25(37)23(35(10)11)13-17(2)41-32)19(4)27(43-24-15-33(8,40-12)29(38)22(7)42-24)20(5)31(39)44-28(21(6)36)18(3)26(16)46-34/h17-20,22-25,27-30,32,37-38H,13-15H2,1-12H3/t17-,18-,19+,20-,22+,23+,24+,25-,27+,28+,29+,30-,32+,33-,34+/m1/s1. The molecular formula is C34H57NO11. The average molecular weight is 656 g/mol. The molecule has 46 heavy (non-hydrogen) atoms. The van der Waals surface area contributed by atoms with Crippen LogP contribution in [0.25, 0.3) is 0 Å². The molecule has 12 nitrogen and oxygen atoms in total. The van der Waals surface area contributed by atoms with E-state index in [-0.39, 0.29) is 24.3 Å². The lowest BCUT2D eigenvalue weighted by molar-refractivity contribution is -0.316. The molecule has 0 aromatic rings. The zero-order valence-corrected chi connectivity index (χ0v) is 29.6. The molecule has 0 aliphatic carbocycles. The maximum atomic E-state index is 13.9. The van der Waals surface area contributed by atoms with E-state index in [1.54, 1.807) is 20.8 Å². The number of fused-ring (bicyclic) bond motifs is 2. The van der Waals surface area contributed by atoms with Crippen molar-refractivity contribution in [3.05, 3.63) is 11.3 Å². The molecule has 15 atom stereocenters. The maximum absolute atomic E-state index is 13.9. The van der Waals surface area contributed by atoms with Crippen molar-refractivity contribution in [1.29, 1.82) is 0 Å². The Labute approximate surface area is 274 Å². The number of nitrogens with zero attached hydrogens (tertiary/aromatic N) is 1. The SMILES string of the molecule is CO[C@]1(C)C[C@H](O[C@H]2[C@H](C)[C@@H](O[C@@H]3O[C@H](C)C[C@H](N(C)C)[C@H]3O)[C@]3(C)CC(C)=C(O3)[C@@H](C)[C@@H](C(C)=O)OC(=O)[C@@H]2C)O[C@@H](C)[C@@H]1O. The molecule has 0 aromatic heterocycles. The first-order valence-electron chi connectivity index (χ1n) is 16.6. The Bertz CT molecular complexity index is 1150. The Morgan fingerprint density at radius 3 is 2.26 bits per heavy atom. The van der Waals surface area contributed by atoms with Crippen LogP contribution in [0.5, 0.6) is 0 Å². The number of hydrogen-bond acceptors (Lipinski definition) is 12. The topological polar surface area (TPSA) is 142 Å². The molecule has 0 unspecified atom stereocenters. The number of esters is 1. The van der Waals surface area contributed by atoms with Crippen LogP contribution in [0, 0.1) is 17.8 Å². The van der Waals surface area contributed by atoms with Gasteiger partial charge in [0.25, 0.3) is 0 Å². The monoisotopic (exact) mass is 655 g/mol. The predicted octanol–water partition coefficient (Wildman–Crippen LogP) is 2.96. The van der Waals surface area contributed by atoms with Crippen LogP contribution in [-0.4, -0.2) is 121 Å². The lowest BCUT2D eigenvalue weighted by Crippen LogP contribution is -2.60. The zero-order valence-electron chi connectivity index (χ0n) is 29.6. The Morgan fingerprint density at radius 2 is 1.67 bits per heavy atom. The Hall–Kier alpha value is -1.64. The van der Waals surface area contributed by atoms with E-state index in [1.807, 2.05) is 53.6 Å². The van der Waals surface area contributed by atoms with Crippen LogP contribution in [0.1, 0.15) is 81.6 Å². The van der Waals surface area contributed by atoms with Gasteiger partial charge in [-0.15, -0.1) is 0 Å². The smallest absolute Gasteiger partial charge is 0.312 e. The molecule has 3 fully saturated rings. The van der Waals surface area contributed by atoms with Crippen molar-refractivity contribution >= 4 is 11.8 Å². The number of aliphatic hydroxyl groups is 2. The first-order valence-corrected chi connectivity index (χ1v) is 16.6. The molecule has 0 spiro atoms. The van der Waals surface area contributed by atoms with Crippen LogP contribution < -0.4 is 0 Å². The molecule has 2 N–H and O–H groups in total. The van der Waals surface area contributed by atoms with Crippen LogP contribution >= 0.6 is 0 Å². The minimum atomic E-state index is -1.06. The molecule has 12 heteroatoms. The van der Waals surface area contributed by atoms with E-state index in [0.717, 1.165) is 5.57 Å². The molecule has 264 valence electrons. The molecule has 3 saturated heterocycles. The van der Waals surface area contributed by atoms with Crippen molar-refractivity contribution in [2.24, 2.45) is 17.8 Å². The number of methoxy groups -OCH3 is 1. The lowest BCUT2D eigenvalue weighted by Gasteiger charge is -2.48. The van der Waals surface area contributed by atoms with Crippen molar-refractivity contribution in [1.82, 2.24) is 4.90 Å². The van der Waals surface area contributed by atoms with Crippen molar-refractivity contribution in [2.75, 3.05) is 21.2 Å². The summed E-state index contributed by atoms with van der Waals surface area (Å²) in [5, 5.41) is 22.3. The highest BCUT2D eigenvalue weighted by Gasteiger charge is 2.55. The highest BCUT2D eigenvalue weighted by atomic mass is 16.7. The summed E-state index contributed by atoms with van der Waals surface area (Å²) in [6.07, 6.45) is -5.84. The number of carbonyl (C=O) groups excluding carboxylic acids is 2. The number of ketones is 1. The van der Waals surface area contributed by atoms with Crippen LogP contribution in [0.3, 0.4) is 0 Å². The summed E-state index contributed by atoms with van der Waals surface area (Å²) in [5.41, 5.74) is -1.01. The van der Waals surface area contributed by atoms with Gasteiger partial charge in [-0.25, -0.2) is 0 Å². The van der Waals surface area contributed by atoms with Crippen LogP contribution in [-0.2, 0) is 42.7 Å². The second-order valence-electron chi connectivity index (χ2n) is 14.8. The normalized spacial score (nSPS) is 47.3. The van der Waals surface area contributed by atoms with Crippen molar-refractivity contribution in [3.8, 4) is 0 Å². The fraction of sp³-hybridized carbons (Fsp3) is 0.882. The van der Waals surface area contributed by atoms with Crippen molar-refractivity contribution < 1.29 is 53.0 Å². The van der Waals surface area contributed by atoms with E-state index in [2.05, 4.69) is 0 Å². The molecule has 4 aliphatic heterocycles. The first kappa shape index (κ1) is 37.2. The number of hydrogen-bond donors (Lipinski definition) is 2. The summed E-state index contributed by atoms with van der Waals surface area (Å²) in [4.78, 5) is 28.7. The molecule has 4 rings (SSSR count). The highest BCUT2D eigenvalue weighted by Crippen LogP contribution is 2.47. The van der Waals surface area contributed by atoms with Gasteiger partial charge in [0, 0.05) is 31.9 Å². The summed E-state index contributed by atoms with van der Waals surface area (Å²) < 4.78 is 44.2. The highest BCUT2D eigenvalue weighted by molar-refractivity contribution is 5.84. The van der Waals surface area contributed by atoms with Gasteiger partial charge in [0.15, 0.2) is 24.5 Å². The summed E-state index contributed by atoms with van der Waals surface area (Å²) in [6, 6.07) is -0.202. The molecule has 4 heterocycles. The van der Waals surface area contributed by atoms with Gasteiger partial charge in [0.2, 0.25) is 0 Å². The molecule has 0 saturated carbocycles. The quantitative estimate of drug-likeness (QED) is 0.390. The van der Waals surface area contributed by atoms with E-state index in [4.69, 9.17) is 33.2 Å². The minimum Gasteiger partial charge on any atom is -0.488 e. The summed E-state index contributed by atoms with van der Waals surface area (Å²) in [7, 11) is 5.36. The van der Waals surface area contributed by atoms with E-state index < -0.39 is 84.1 Å². The van der Waals surface area contributed by atoms with Crippen molar-refractivity contribution in [2.45, 2.75) is 154 Å². The first-order chi connectivity index (χ1) is 21.3. The van der Waals surface area contributed by atoms with Gasteiger partial charge < -0.3 is 48.3 Å². The number of cyclic esters (lactones) is 1. The van der Waals surface area contributed by atoms with Gasteiger partial charge in [-0.05, 0) is 74.6 Å². The van der Waals surface area contributed by atoms with Crippen LogP contribution in [0.2, 0.25) is 0 Å². The van der Waals surface area contributed by atoms with Gasteiger partial charge in [-0.2, -0.15) is 0 Å². The number of Topliss-reactive ketones (excluding diaryl/α,β-unsaturated/α-hetero) is 1. The van der Waals surface area contributed by atoms with E-state index in [9.17, 15) is 19.8 Å². The number of aliphatic hydroxyl groups excluding tert-OH is 2. The summed E-state index contributed by atoms with van der Waals surface area (Å²) in [5.74, 6) is -2.26. The Kier molecular flexibility index (Phi) is 11.4. The maximum Gasteiger partial charge on any atom is 0.312 e. The fourth-order valence-electron chi connectivity index (χ4n) is 7.93. The summed E-state index contributed by atoms with van der Waals surface area (Å²) in [6.45, 7) is 16.2. The van der Waals surface area contributed by atoms with Crippen molar-refractivity contribution in [3.63, 3.8) is 0 Å². The second kappa shape index (κ2) is 14.1. The Balaban J connectivity index is 1.79. The second-order valence-corrected chi connectivity index (χ2v) is 14.8. The molecular weight excluding hydrogens is 598 g/mol. The largest absolute Gasteiger partial charge is 0.488 e. The van der Waals surface area contributed by atoms with Crippen LogP contribution in [0.15, 0.2) is 11.3 Å². The third kappa shape index (κ3) is 7.19.